The lowest BCUT2D eigenvalue weighted by molar-refractivity contribution is 0.102. The fourth-order valence-corrected chi connectivity index (χ4v) is 3.78. The number of thioether (sulfide) groups is 1. The summed E-state index contributed by atoms with van der Waals surface area (Å²) in [5, 5.41) is 0.961. The van der Waals surface area contributed by atoms with Gasteiger partial charge in [-0.25, -0.2) is 0 Å². The van der Waals surface area contributed by atoms with Gasteiger partial charge in [0, 0.05) is 22.0 Å². The molecular weight excluding hydrogens is 362 g/mol. The van der Waals surface area contributed by atoms with Gasteiger partial charge in [-0.3, -0.25) is 4.79 Å². The van der Waals surface area contributed by atoms with Gasteiger partial charge in [-0.05, 0) is 36.8 Å². The van der Waals surface area contributed by atoms with Crippen molar-refractivity contribution in [2.45, 2.75) is 24.7 Å². The average molecular weight is 378 g/mol. The monoisotopic (exact) mass is 377 g/mol. The molecule has 3 rings (SSSR count). The maximum atomic E-state index is 12.3. The van der Waals surface area contributed by atoms with Crippen LogP contribution in [0.3, 0.4) is 0 Å². The molecule has 0 spiro atoms. The number of carbonyl (C=O) groups excluding carboxylic acids is 1. The average Bonchev–Trinajstić information content (AvgIpc) is 3.13. The fraction of sp³-hybridized carbons (Fsp3) is 0.235. The Morgan fingerprint density at radius 3 is 3.00 bits per heavy atom. The van der Waals surface area contributed by atoms with Gasteiger partial charge < -0.3 is 9.32 Å². The van der Waals surface area contributed by atoms with Gasteiger partial charge in [-0.1, -0.05) is 41.0 Å². The van der Waals surface area contributed by atoms with Crippen LogP contribution >= 0.6 is 27.7 Å². The van der Waals surface area contributed by atoms with Crippen LogP contribution in [0.15, 0.2) is 61.5 Å². The Bertz CT molecular complexity index is 709. The predicted molar refractivity (Wildman–Crippen MR) is 93.4 cm³/mol. The summed E-state index contributed by atoms with van der Waals surface area (Å²) < 4.78 is 6.24. The zero-order valence-electron chi connectivity index (χ0n) is 12.2. The molecule has 5 heteroatoms. The summed E-state index contributed by atoms with van der Waals surface area (Å²) in [5.41, 5.74) is 1.16. The maximum absolute atomic E-state index is 12.3. The largest absolute Gasteiger partial charge is 0.461 e. The van der Waals surface area contributed by atoms with Crippen molar-refractivity contribution in [3.05, 3.63) is 57.9 Å². The van der Waals surface area contributed by atoms with Crippen molar-refractivity contribution in [3.8, 4) is 0 Å². The van der Waals surface area contributed by atoms with E-state index < -0.39 is 0 Å². The molecule has 0 amide bonds. The number of halogens is 1. The first-order valence-corrected chi connectivity index (χ1v) is 8.84. The Hall–Kier alpha value is -1.46. The lowest BCUT2D eigenvalue weighted by Gasteiger charge is -2.20. The topological polar surface area (TPSA) is 33.5 Å². The first-order valence-electron chi connectivity index (χ1n) is 7.23. The molecule has 0 fully saturated rings. The van der Waals surface area contributed by atoms with Crippen LogP contribution in [0.2, 0.25) is 0 Å². The quantitative estimate of drug-likeness (QED) is 0.510. The molecule has 0 unspecified atom stereocenters. The van der Waals surface area contributed by atoms with Crippen molar-refractivity contribution in [3.63, 3.8) is 0 Å². The van der Waals surface area contributed by atoms with Crippen LogP contribution in [-0.4, -0.2) is 12.3 Å². The van der Waals surface area contributed by atoms with E-state index in [0.717, 1.165) is 34.6 Å². The summed E-state index contributed by atoms with van der Waals surface area (Å²) in [6.45, 7) is 3.08. The normalized spacial score (nSPS) is 15.4. The number of fused-ring (bicyclic) bond motifs is 1. The van der Waals surface area contributed by atoms with Crippen LogP contribution in [0.5, 0.6) is 0 Å². The third-order valence-electron chi connectivity index (χ3n) is 3.45. The van der Waals surface area contributed by atoms with Crippen molar-refractivity contribution in [2.24, 2.45) is 0 Å². The van der Waals surface area contributed by atoms with Crippen molar-refractivity contribution >= 4 is 39.2 Å². The van der Waals surface area contributed by atoms with E-state index in [1.54, 1.807) is 30.0 Å². The molecule has 3 nitrogen and oxygen atoms in total. The highest BCUT2D eigenvalue weighted by molar-refractivity contribution is 9.10. The molecule has 1 aliphatic heterocycles. The number of rotatable bonds is 5. The molecule has 114 valence electrons. The molecule has 0 bridgehead atoms. The van der Waals surface area contributed by atoms with E-state index in [2.05, 4.69) is 39.9 Å². The summed E-state index contributed by atoms with van der Waals surface area (Å²) in [4.78, 5) is 15.7. The molecule has 0 saturated heterocycles. The van der Waals surface area contributed by atoms with Crippen LogP contribution < -0.4 is 4.90 Å². The molecule has 1 aliphatic rings. The number of hydrogen-bond acceptors (Lipinski definition) is 4. The molecule has 1 aromatic carbocycles. The van der Waals surface area contributed by atoms with Gasteiger partial charge in [0.1, 0.15) is 0 Å². The minimum absolute atomic E-state index is 0.0964. The number of hydrogen-bond donors (Lipinski definition) is 0. The summed E-state index contributed by atoms with van der Waals surface area (Å²) in [6, 6.07) is 9.64. The van der Waals surface area contributed by atoms with E-state index in [4.69, 9.17) is 4.42 Å². The lowest BCUT2D eigenvalue weighted by atomic mass is 10.2. The smallest absolute Gasteiger partial charge is 0.223 e. The van der Waals surface area contributed by atoms with E-state index in [1.165, 1.54) is 11.2 Å². The fourth-order valence-electron chi connectivity index (χ4n) is 2.33. The molecule has 22 heavy (non-hydrogen) atoms. The molecule has 0 aliphatic carbocycles. The first-order chi connectivity index (χ1) is 10.7. The Balaban J connectivity index is 1.92. The van der Waals surface area contributed by atoms with E-state index in [1.807, 2.05) is 6.07 Å². The summed E-state index contributed by atoms with van der Waals surface area (Å²) in [5.74, 6) is 0.279. The number of unbranched alkanes of at least 4 members (excludes halogenated alkanes) is 1. The number of carbonyl (C=O) groups is 1. The van der Waals surface area contributed by atoms with Crippen molar-refractivity contribution < 1.29 is 9.21 Å². The zero-order chi connectivity index (χ0) is 15.5. The summed E-state index contributed by atoms with van der Waals surface area (Å²) >= 11 is 5.16. The van der Waals surface area contributed by atoms with Gasteiger partial charge >= 0.3 is 0 Å². The third kappa shape index (κ3) is 3.15. The van der Waals surface area contributed by atoms with Crippen molar-refractivity contribution in [1.82, 2.24) is 0 Å². The van der Waals surface area contributed by atoms with Crippen molar-refractivity contribution in [2.75, 3.05) is 11.4 Å². The molecular formula is C17H16BrNO2S. The SMILES string of the molecule is CCCCN1C(=CC(=O)c2ccco2)Sc2ccc(Br)cc21. The minimum Gasteiger partial charge on any atom is -0.461 e. The number of furan rings is 1. The second-order valence-corrected chi connectivity index (χ2v) is 7.02. The van der Waals surface area contributed by atoms with E-state index in [-0.39, 0.29) is 5.78 Å². The molecule has 0 atom stereocenters. The number of nitrogens with zero attached hydrogens (tertiary/aromatic N) is 1. The zero-order valence-corrected chi connectivity index (χ0v) is 14.6. The molecule has 1 aromatic heterocycles. The van der Waals surface area contributed by atoms with Crippen LogP contribution in [0, 0.1) is 0 Å². The molecule has 0 N–H and O–H groups in total. The first kappa shape index (κ1) is 15.4. The molecule has 0 saturated carbocycles. The highest BCUT2D eigenvalue weighted by Gasteiger charge is 2.26. The molecule has 0 radical (unpaired) electrons. The van der Waals surface area contributed by atoms with Gasteiger partial charge in [0.05, 0.1) is 17.0 Å². The maximum Gasteiger partial charge on any atom is 0.223 e. The Kier molecular flexibility index (Phi) is 4.74. The number of anilines is 1. The Labute approximate surface area is 142 Å². The summed E-state index contributed by atoms with van der Waals surface area (Å²) in [7, 11) is 0. The van der Waals surface area contributed by atoms with Crippen LogP contribution in [0.1, 0.15) is 30.3 Å². The lowest BCUT2D eigenvalue weighted by Crippen LogP contribution is -2.19. The van der Waals surface area contributed by atoms with Crippen LogP contribution in [0.4, 0.5) is 5.69 Å². The van der Waals surface area contributed by atoms with Crippen molar-refractivity contribution in [1.29, 1.82) is 0 Å². The summed E-state index contributed by atoms with van der Waals surface area (Å²) in [6.07, 6.45) is 5.39. The standard InChI is InChI=1S/C17H16BrNO2S/c1-2-3-8-19-13-10-12(18)6-7-16(13)22-17(19)11-14(20)15-5-4-9-21-15/h4-7,9-11H,2-3,8H2,1H3. The highest BCUT2D eigenvalue weighted by atomic mass is 79.9. The van der Waals surface area contributed by atoms with Gasteiger partial charge in [0.25, 0.3) is 0 Å². The molecule has 2 heterocycles. The van der Waals surface area contributed by atoms with Crippen LogP contribution in [-0.2, 0) is 0 Å². The number of ketones is 1. The Morgan fingerprint density at radius 2 is 2.27 bits per heavy atom. The van der Waals surface area contributed by atoms with Gasteiger partial charge in [-0.15, -0.1) is 0 Å². The van der Waals surface area contributed by atoms with E-state index in [9.17, 15) is 4.79 Å². The van der Waals surface area contributed by atoms with Gasteiger partial charge in [0.15, 0.2) is 5.76 Å². The second kappa shape index (κ2) is 6.75. The highest BCUT2D eigenvalue weighted by Crippen LogP contribution is 2.47. The van der Waals surface area contributed by atoms with Crippen LogP contribution in [0.25, 0.3) is 0 Å². The van der Waals surface area contributed by atoms with Gasteiger partial charge in [0.2, 0.25) is 5.78 Å². The van der Waals surface area contributed by atoms with E-state index in [0.29, 0.717) is 5.76 Å². The minimum atomic E-state index is -0.0964. The van der Waals surface area contributed by atoms with Gasteiger partial charge in [-0.2, -0.15) is 0 Å². The third-order valence-corrected chi connectivity index (χ3v) is 5.05. The predicted octanol–water partition coefficient (Wildman–Crippen LogP) is 5.48. The molecule has 2 aromatic rings. The van der Waals surface area contributed by atoms with E-state index >= 15 is 0 Å². The number of allylic oxidation sites excluding steroid dienone is 1. The second-order valence-electron chi connectivity index (χ2n) is 5.04. The Morgan fingerprint density at radius 1 is 1.41 bits per heavy atom. The number of benzene rings is 1.